The fourth-order valence-electron chi connectivity index (χ4n) is 6.51. The number of hydrogen-bond acceptors (Lipinski definition) is 11. The predicted octanol–water partition coefficient (Wildman–Crippen LogP) is 6.61. The zero-order valence-electron chi connectivity index (χ0n) is 39.0. The van der Waals surface area contributed by atoms with Gasteiger partial charge >= 0.3 is 23.9 Å². The smallest absolute Gasteiger partial charge is 0.347 e. The van der Waals surface area contributed by atoms with E-state index in [9.17, 15) is 33.2 Å². The van der Waals surface area contributed by atoms with Crippen molar-refractivity contribution >= 4 is 35.7 Å². The van der Waals surface area contributed by atoms with Crippen molar-refractivity contribution in [1.29, 1.82) is 0 Å². The van der Waals surface area contributed by atoms with Crippen molar-refractivity contribution in [3.8, 4) is 0 Å². The van der Waals surface area contributed by atoms with E-state index < -0.39 is 89.9 Å². The van der Waals surface area contributed by atoms with Crippen LogP contribution in [0.1, 0.15) is 112 Å². The normalized spacial score (nSPS) is 15.0. The van der Waals surface area contributed by atoms with Crippen LogP contribution in [-0.2, 0) is 66.2 Å². The average Bonchev–Trinajstić information content (AvgIpc) is 3.17. The minimum atomic E-state index is -2.01. The van der Waals surface area contributed by atoms with Crippen LogP contribution >= 0.6 is 0 Å². The van der Waals surface area contributed by atoms with Crippen LogP contribution in [-0.4, -0.2) is 114 Å². The van der Waals surface area contributed by atoms with Crippen LogP contribution in [0.2, 0.25) is 0 Å². The van der Waals surface area contributed by atoms with Crippen molar-refractivity contribution in [1.82, 2.24) is 15.1 Å². The van der Waals surface area contributed by atoms with Gasteiger partial charge in [0, 0.05) is 33.4 Å². The molecule has 0 aromatic heterocycles. The van der Waals surface area contributed by atoms with Gasteiger partial charge in [-0.15, -0.1) is 0 Å². The lowest BCUT2D eigenvalue weighted by Gasteiger charge is -2.34. The van der Waals surface area contributed by atoms with Gasteiger partial charge in [-0.25, -0.2) is 23.2 Å². The summed E-state index contributed by atoms with van der Waals surface area (Å²) in [5.41, 5.74) is -1.61. The molecule has 62 heavy (non-hydrogen) atoms. The van der Waals surface area contributed by atoms with Crippen LogP contribution in [0.4, 0.5) is 8.78 Å². The molecule has 0 aliphatic heterocycles. The van der Waals surface area contributed by atoms with E-state index in [1.807, 2.05) is 46.8 Å². The largest absolute Gasteiger partial charge is 0.458 e. The number of amides is 2. The molecular weight excluding hydrogens is 805 g/mol. The molecule has 2 aromatic carbocycles. The third-order valence-corrected chi connectivity index (χ3v) is 10.1. The summed E-state index contributed by atoms with van der Waals surface area (Å²) in [4.78, 5) is 84.1. The molecular formula is C47H69F2N3O10. The summed E-state index contributed by atoms with van der Waals surface area (Å²) in [7, 11) is 4.06. The molecule has 0 spiro atoms. The molecule has 0 fully saturated rings. The summed E-state index contributed by atoms with van der Waals surface area (Å²) in [5.74, 6) is -5.56. The maximum atomic E-state index is 15.4. The number of ether oxygens (including phenoxy) is 4. The summed E-state index contributed by atoms with van der Waals surface area (Å²) in [6.45, 7) is 17.4. The summed E-state index contributed by atoms with van der Waals surface area (Å²) in [6.07, 6.45) is -5.23. The highest BCUT2D eigenvalue weighted by Gasteiger charge is 2.41. The van der Waals surface area contributed by atoms with Crippen LogP contribution in [0.15, 0.2) is 54.6 Å². The van der Waals surface area contributed by atoms with Crippen LogP contribution in [0.3, 0.4) is 0 Å². The first-order valence-corrected chi connectivity index (χ1v) is 21.0. The third-order valence-electron chi connectivity index (χ3n) is 10.1. The molecule has 0 radical (unpaired) electrons. The van der Waals surface area contributed by atoms with Crippen molar-refractivity contribution in [2.75, 3.05) is 21.1 Å². The van der Waals surface area contributed by atoms with Crippen molar-refractivity contribution in [2.24, 2.45) is 5.92 Å². The van der Waals surface area contributed by atoms with Crippen LogP contribution in [0, 0.1) is 5.92 Å². The van der Waals surface area contributed by atoms with E-state index in [4.69, 9.17) is 18.9 Å². The van der Waals surface area contributed by atoms with Gasteiger partial charge in [-0.05, 0) is 83.0 Å². The molecule has 2 amide bonds. The van der Waals surface area contributed by atoms with Gasteiger partial charge in [0.15, 0.2) is 18.3 Å². The van der Waals surface area contributed by atoms with Gasteiger partial charge in [-0.1, -0.05) is 89.2 Å². The van der Waals surface area contributed by atoms with Crippen molar-refractivity contribution < 1.29 is 56.5 Å². The lowest BCUT2D eigenvalue weighted by Crippen LogP contribution is -2.53. The summed E-state index contributed by atoms with van der Waals surface area (Å²) in [6, 6.07) is 12.3. The molecule has 15 heteroatoms. The van der Waals surface area contributed by atoms with Crippen molar-refractivity contribution in [3.05, 3.63) is 71.3 Å². The highest BCUT2D eigenvalue weighted by Crippen LogP contribution is 2.26. The fraction of sp³-hybridized carbons (Fsp3) is 0.617. The first-order valence-electron chi connectivity index (χ1n) is 21.0. The van der Waals surface area contributed by atoms with E-state index in [1.54, 1.807) is 42.5 Å². The quantitative estimate of drug-likeness (QED) is 0.100. The predicted molar refractivity (Wildman–Crippen MR) is 231 cm³/mol. The molecule has 2 aromatic rings. The molecule has 2 rings (SSSR count). The van der Waals surface area contributed by atoms with Gasteiger partial charge in [0.25, 0.3) is 11.8 Å². The monoisotopic (exact) mass is 873 g/mol. The Bertz CT molecular complexity index is 1800. The van der Waals surface area contributed by atoms with Crippen LogP contribution < -0.4 is 5.32 Å². The Labute approximate surface area is 366 Å². The van der Waals surface area contributed by atoms with Gasteiger partial charge in [0.05, 0.1) is 0 Å². The van der Waals surface area contributed by atoms with Gasteiger partial charge in [0.2, 0.25) is 0 Å². The first-order chi connectivity index (χ1) is 28.5. The maximum absolute atomic E-state index is 15.4. The summed E-state index contributed by atoms with van der Waals surface area (Å²) >= 11 is 0. The van der Waals surface area contributed by atoms with E-state index in [2.05, 4.69) is 5.32 Å². The van der Waals surface area contributed by atoms with E-state index in [0.29, 0.717) is 11.1 Å². The lowest BCUT2D eigenvalue weighted by molar-refractivity contribution is -0.175. The van der Waals surface area contributed by atoms with E-state index in [-0.39, 0.29) is 37.2 Å². The fourth-order valence-corrected chi connectivity index (χ4v) is 6.51. The Morgan fingerprint density at radius 3 is 1.65 bits per heavy atom. The Hall–Kier alpha value is -4.92. The minimum Gasteiger partial charge on any atom is -0.458 e. The molecule has 0 aliphatic carbocycles. The van der Waals surface area contributed by atoms with Crippen LogP contribution in [0.5, 0.6) is 0 Å². The van der Waals surface area contributed by atoms with Gasteiger partial charge < -0.3 is 34.1 Å². The SMILES string of the molecule is CN[C@@H](CC(C)(C)F)C(=O)O[C@H](C)C(=O)N(C)[C@@H](CC(C)C)C(=O)O[C@H](Cc1ccc(C(C)(C)C)cc1)C(=O)N(C)[C@@H](CC(C)(C)F)C(=O)O[C@H](C)C(=O)OCc1ccccc1. The maximum Gasteiger partial charge on any atom is 0.347 e. The Morgan fingerprint density at radius 2 is 1.15 bits per heavy atom. The standard InChI is InChI=1S/C47H69F2N3O10/c1-29(2)24-36(51(13)39(53)30(3)60-42(56)35(50-12)26-46(8,9)48)43(57)62-38(25-32-20-22-34(23-21-32)45(5,6)7)40(54)52(14)37(27-47(10,11)49)44(58)61-31(4)41(55)59-28-33-18-16-15-17-19-33/h15-23,29-31,35-38,50H,24-28H2,1-14H3/t30-,31-,35+,36+,37+,38-/m1/s1. The van der Waals surface area contributed by atoms with Gasteiger partial charge in [-0.3, -0.25) is 14.4 Å². The number of carbonyl (C=O) groups excluding carboxylic acids is 6. The Balaban J connectivity index is 2.48. The topological polar surface area (TPSA) is 158 Å². The lowest BCUT2D eigenvalue weighted by atomic mass is 9.86. The summed E-state index contributed by atoms with van der Waals surface area (Å²) < 4.78 is 52.0. The number of nitrogens with one attached hydrogen (secondary N) is 1. The number of halogens is 2. The second-order valence-corrected chi connectivity index (χ2v) is 18.6. The first kappa shape index (κ1) is 53.2. The number of likely N-dealkylation sites (N-methyl/N-ethyl adjacent to an activating group) is 3. The van der Waals surface area contributed by atoms with Crippen molar-refractivity contribution in [2.45, 2.75) is 162 Å². The molecule has 1 N–H and O–H groups in total. The highest BCUT2D eigenvalue weighted by atomic mass is 19.1. The van der Waals surface area contributed by atoms with Crippen LogP contribution in [0.25, 0.3) is 0 Å². The Morgan fingerprint density at radius 1 is 0.629 bits per heavy atom. The number of alkyl halides is 2. The third kappa shape index (κ3) is 17.5. The van der Waals surface area contributed by atoms with Gasteiger partial charge in [0.1, 0.15) is 36.1 Å². The number of carbonyl (C=O) groups is 6. The second kappa shape index (κ2) is 23.0. The van der Waals surface area contributed by atoms with Gasteiger partial charge in [-0.2, -0.15) is 0 Å². The molecule has 0 heterocycles. The molecule has 346 valence electrons. The number of nitrogens with zero attached hydrogens (tertiary/aromatic N) is 2. The molecule has 0 saturated heterocycles. The molecule has 0 unspecified atom stereocenters. The minimum absolute atomic E-state index is 0.0803. The molecule has 13 nitrogen and oxygen atoms in total. The van der Waals surface area contributed by atoms with E-state index >= 15 is 4.39 Å². The van der Waals surface area contributed by atoms with E-state index in [1.165, 1.54) is 62.7 Å². The number of rotatable bonds is 22. The summed E-state index contributed by atoms with van der Waals surface area (Å²) in [5, 5.41) is 2.70. The van der Waals surface area contributed by atoms with Crippen molar-refractivity contribution in [3.63, 3.8) is 0 Å². The molecule has 0 saturated carbocycles. The Kier molecular flexibility index (Phi) is 19.7. The zero-order valence-corrected chi connectivity index (χ0v) is 39.0. The number of esters is 4. The van der Waals surface area contributed by atoms with E-state index in [0.717, 1.165) is 15.4 Å². The number of benzene rings is 2. The molecule has 6 atom stereocenters. The molecule has 0 aliphatic rings. The average molecular weight is 874 g/mol. The second-order valence-electron chi connectivity index (χ2n) is 18.6. The highest BCUT2D eigenvalue weighted by molar-refractivity contribution is 5.92. The molecule has 0 bridgehead atoms. The number of hydrogen-bond donors (Lipinski definition) is 1. The zero-order chi connectivity index (χ0) is 47.3.